The van der Waals surface area contributed by atoms with Gasteiger partial charge in [0.15, 0.2) is 0 Å². The number of benzene rings is 1. The van der Waals surface area contributed by atoms with E-state index in [0.29, 0.717) is 12.0 Å². The molecule has 0 aromatic heterocycles. The largest absolute Gasteiger partial charge is 0.508 e. The maximum absolute atomic E-state index is 13.1. The molecule has 0 saturated carbocycles. The van der Waals surface area contributed by atoms with Crippen LogP contribution in [0.1, 0.15) is 45.1 Å². The highest BCUT2D eigenvalue weighted by Crippen LogP contribution is 2.12. The zero-order valence-corrected chi connectivity index (χ0v) is 21.2. The molecule has 1 aromatic carbocycles. The van der Waals surface area contributed by atoms with E-state index < -0.39 is 78.5 Å². The van der Waals surface area contributed by atoms with Crippen molar-refractivity contribution in [1.29, 1.82) is 0 Å². The Bertz CT molecular complexity index is 1020. The van der Waals surface area contributed by atoms with Gasteiger partial charge in [0.25, 0.3) is 0 Å². The smallest absolute Gasteiger partial charge is 0.326 e. The van der Waals surface area contributed by atoms with Crippen LogP contribution >= 0.6 is 0 Å². The zero-order chi connectivity index (χ0) is 29.0. The molecule has 5 atom stereocenters. The number of nitrogens with two attached hydrogens (primary N) is 2. The van der Waals surface area contributed by atoms with E-state index in [1.165, 1.54) is 12.1 Å². The summed E-state index contributed by atoms with van der Waals surface area (Å²) in [5, 5.41) is 34.8. The van der Waals surface area contributed by atoms with Crippen LogP contribution in [0.3, 0.4) is 0 Å². The molecular weight excluding hydrogens is 502 g/mol. The summed E-state index contributed by atoms with van der Waals surface area (Å²) in [6.07, 6.45) is -1.01. The Kier molecular flexibility index (Phi) is 12.7. The molecule has 1 rings (SSSR count). The molecule has 5 unspecified atom stereocenters. The lowest BCUT2D eigenvalue weighted by molar-refractivity contribution is -0.144. The molecule has 4 amide bonds. The summed E-state index contributed by atoms with van der Waals surface area (Å²) in [5.74, 6) is -6.68. The maximum atomic E-state index is 13.1. The molecule has 210 valence electrons. The van der Waals surface area contributed by atoms with Gasteiger partial charge in [0, 0.05) is 6.42 Å². The Hall–Kier alpha value is -4.20. The van der Waals surface area contributed by atoms with Crippen LogP contribution in [-0.2, 0) is 35.2 Å². The molecule has 0 bridgehead atoms. The minimum atomic E-state index is -1.62. The van der Waals surface area contributed by atoms with Gasteiger partial charge in [-0.25, -0.2) is 4.79 Å². The van der Waals surface area contributed by atoms with E-state index in [1.54, 1.807) is 26.0 Å². The number of aromatic hydroxyl groups is 1. The van der Waals surface area contributed by atoms with Crippen molar-refractivity contribution < 1.29 is 44.1 Å². The van der Waals surface area contributed by atoms with E-state index in [9.17, 15) is 39.0 Å². The summed E-state index contributed by atoms with van der Waals surface area (Å²) in [6.45, 7) is 3.34. The van der Waals surface area contributed by atoms with Crippen molar-refractivity contribution in [1.82, 2.24) is 16.0 Å². The lowest BCUT2D eigenvalue weighted by Gasteiger charge is -2.28. The van der Waals surface area contributed by atoms with E-state index in [4.69, 9.17) is 16.6 Å². The zero-order valence-electron chi connectivity index (χ0n) is 21.2. The summed E-state index contributed by atoms with van der Waals surface area (Å²) in [4.78, 5) is 72.4. The average Bonchev–Trinajstić information content (AvgIpc) is 2.84. The first-order chi connectivity index (χ1) is 17.7. The first kappa shape index (κ1) is 31.8. The van der Waals surface area contributed by atoms with Crippen molar-refractivity contribution >= 4 is 35.6 Å². The highest BCUT2D eigenvalue weighted by atomic mass is 16.4. The number of rotatable bonds is 16. The molecule has 0 aliphatic carbocycles. The Labute approximate surface area is 219 Å². The number of hydrogen-bond donors (Lipinski definition) is 8. The standard InChI is InChI=1S/C24H35N5O9/c1-3-12(2)20(23(36)28-17(24(37)38)11-18(26)31)29-22(35)16(8-9-19(32)33)27-21(34)15(25)10-13-4-6-14(30)7-5-13/h4-7,12,15-17,20,30H,3,8-11,25H2,1-2H3,(H2,26,31)(H,27,34)(H,28,36)(H,29,35)(H,32,33)(H,37,38). The van der Waals surface area contributed by atoms with Crippen LogP contribution in [0, 0.1) is 5.92 Å². The van der Waals surface area contributed by atoms with Crippen molar-refractivity contribution in [3.63, 3.8) is 0 Å². The van der Waals surface area contributed by atoms with Crippen molar-refractivity contribution in [2.75, 3.05) is 0 Å². The fourth-order valence-corrected chi connectivity index (χ4v) is 3.41. The van der Waals surface area contributed by atoms with Gasteiger partial charge in [-0.05, 0) is 36.5 Å². The second kappa shape index (κ2) is 15.1. The molecule has 0 radical (unpaired) electrons. The summed E-state index contributed by atoms with van der Waals surface area (Å²) >= 11 is 0. The van der Waals surface area contributed by atoms with Crippen LogP contribution in [0.25, 0.3) is 0 Å². The van der Waals surface area contributed by atoms with E-state index in [1.807, 2.05) is 0 Å². The number of carboxylic acids is 2. The monoisotopic (exact) mass is 537 g/mol. The molecule has 0 heterocycles. The van der Waals surface area contributed by atoms with Gasteiger partial charge in [0.1, 0.15) is 23.9 Å². The van der Waals surface area contributed by atoms with Crippen LogP contribution in [0.4, 0.5) is 0 Å². The SMILES string of the molecule is CCC(C)C(NC(=O)C(CCC(=O)O)NC(=O)C(N)Cc1ccc(O)cc1)C(=O)NC(CC(N)=O)C(=O)O. The first-order valence-corrected chi connectivity index (χ1v) is 11.9. The number of carboxylic acid groups (broad SMARTS) is 2. The van der Waals surface area contributed by atoms with E-state index in [2.05, 4.69) is 16.0 Å². The quantitative estimate of drug-likeness (QED) is 0.122. The number of primary amides is 1. The third kappa shape index (κ3) is 10.8. The van der Waals surface area contributed by atoms with Gasteiger partial charge in [0.05, 0.1) is 12.5 Å². The van der Waals surface area contributed by atoms with Gasteiger partial charge in [0.2, 0.25) is 23.6 Å². The number of phenols is 1. The Morgan fingerprint density at radius 2 is 1.47 bits per heavy atom. The topological polar surface area (TPSA) is 251 Å². The van der Waals surface area contributed by atoms with Gasteiger partial charge in [-0.3, -0.25) is 24.0 Å². The van der Waals surface area contributed by atoms with Crippen LogP contribution in [0.2, 0.25) is 0 Å². The molecule has 14 heteroatoms. The summed E-state index contributed by atoms with van der Waals surface area (Å²) < 4.78 is 0. The molecule has 10 N–H and O–H groups in total. The van der Waals surface area contributed by atoms with Gasteiger partial charge in [-0.1, -0.05) is 32.4 Å². The number of amides is 4. The van der Waals surface area contributed by atoms with Crippen LogP contribution in [-0.4, -0.2) is 75.1 Å². The van der Waals surface area contributed by atoms with Gasteiger partial charge in [-0.2, -0.15) is 0 Å². The Morgan fingerprint density at radius 3 is 1.97 bits per heavy atom. The number of aliphatic carboxylic acids is 2. The number of phenolic OH excluding ortho intramolecular Hbond substituents is 1. The minimum absolute atomic E-state index is 0.0291. The molecule has 0 spiro atoms. The molecule has 38 heavy (non-hydrogen) atoms. The second-order valence-corrected chi connectivity index (χ2v) is 8.91. The summed E-state index contributed by atoms with van der Waals surface area (Å²) in [6, 6.07) is 0.594. The summed E-state index contributed by atoms with van der Waals surface area (Å²) in [7, 11) is 0. The fraction of sp³-hybridized carbons (Fsp3) is 0.500. The highest BCUT2D eigenvalue weighted by Gasteiger charge is 2.33. The van der Waals surface area contributed by atoms with Crippen LogP contribution in [0.5, 0.6) is 5.75 Å². The molecule has 0 aliphatic heterocycles. The molecule has 0 aliphatic rings. The number of carbonyl (C=O) groups is 6. The predicted octanol–water partition coefficient (Wildman–Crippen LogP) is -1.41. The molecule has 1 aromatic rings. The van der Waals surface area contributed by atoms with Gasteiger partial charge >= 0.3 is 11.9 Å². The Morgan fingerprint density at radius 1 is 0.895 bits per heavy atom. The van der Waals surface area contributed by atoms with E-state index in [0.717, 1.165) is 0 Å². The van der Waals surface area contributed by atoms with E-state index in [-0.39, 0.29) is 18.6 Å². The Balaban J connectivity index is 3.03. The van der Waals surface area contributed by atoms with Crippen LogP contribution in [0.15, 0.2) is 24.3 Å². The number of hydrogen-bond acceptors (Lipinski definition) is 8. The number of nitrogens with one attached hydrogen (secondary N) is 3. The normalized spacial score (nSPS) is 14.7. The third-order valence-electron chi connectivity index (χ3n) is 5.82. The number of carbonyl (C=O) groups excluding carboxylic acids is 4. The second-order valence-electron chi connectivity index (χ2n) is 8.91. The third-order valence-corrected chi connectivity index (χ3v) is 5.82. The molecule has 0 saturated heterocycles. The van der Waals surface area contributed by atoms with Gasteiger partial charge in [-0.15, -0.1) is 0 Å². The maximum Gasteiger partial charge on any atom is 0.326 e. The molecule has 14 nitrogen and oxygen atoms in total. The minimum Gasteiger partial charge on any atom is -0.508 e. The highest BCUT2D eigenvalue weighted by molar-refractivity contribution is 5.95. The van der Waals surface area contributed by atoms with Crippen molar-refractivity contribution in [3.8, 4) is 5.75 Å². The van der Waals surface area contributed by atoms with Crippen LogP contribution < -0.4 is 27.4 Å². The summed E-state index contributed by atoms with van der Waals surface area (Å²) in [5.41, 5.74) is 11.6. The van der Waals surface area contributed by atoms with E-state index >= 15 is 0 Å². The fourth-order valence-electron chi connectivity index (χ4n) is 3.41. The van der Waals surface area contributed by atoms with Crippen molar-refractivity contribution in [2.24, 2.45) is 17.4 Å². The van der Waals surface area contributed by atoms with Gasteiger partial charge < -0.3 is 42.7 Å². The van der Waals surface area contributed by atoms with Crippen molar-refractivity contribution in [3.05, 3.63) is 29.8 Å². The van der Waals surface area contributed by atoms with Crippen molar-refractivity contribution in [2.45, 2.75) is 70.1 Å². The lowest BCUT2D eigenvalue weighted by Crippen LogP contribution is -2.59. The lowest BCUT2D eigenvalue weighted by atomic mass is 9.97. The first-order valence-electron chi connectivity index (χ1n) is 11.9. The predicted molar refractivity (Wildman–Crippen MR) is 133 cm³/mol. The molecular formula is C24H35N5O9. The average molecular weight is 538 g/mol. The molecule has 0 fully saturated rings.